The summed E-state index contributed by atoms with van der Waals surface area (Å²) in [6.07, 6.45) is 0. The molecule has 1 aromatic heterocycles. The molecule has 2 aliphatic rings. The van der Waals surface area contributed by atoms with Gasteiger partial charge in [-0.3, -0.25) is 0 Å². The maximum Gasteiger partial charge on any atom is 2.00 e. The normalized spacial score (nSPS) is 19.8. The number of nitrogens with zero attached hydrogens (tertiary/aromatic N) is 3. The van der Waals surface area contributed by atoms with Gasteiger partial charge in [0.2, 0.25) is 11.8 Å². The molecular formula is C15H19Cl2FeN3O2. The molecule has 0 unspecified atom stereocenters. The Morgan fingerprint density at radius 3 is 1.52 bits per heavy atom. The third kappa shape index (κ3) is 5.08. The van der Waals surface area contributed by atoms with Crippen molar-refractivity contribution in [3.63, 3.8) is 0 Å². The van der Waals surface area contributed by atoms with E-state index in [4.69, 9.17) is 9.47 Å². The first-order valence-corrected chi connectivity index (χ1v) is 6.78. The maximum atomic E-state index is 5.62. The molecule has 0 amide bonds. The van der Waals surface area contributed by atoms with E-state index in [0.29, 0.717) is 25.0 Å². The Kier molecular flexibility index (Phi) is 7.56. The van der Waals surface area contributed by atoms with E-state index < -0.39 is 0 Å². The molecule has 23 heavy (non-hydrogen) atoms. The van der Waals surface area contributed by atoms with Crippen LogP contribution in [0.5, 0.6) is 0 Å². The van der Waals surface area contributed by atoms with Crippen LogP contribution in [0.25, 0.3) is 0 Å². The van der Waals surface area contributed by atoms with Gasteiger partial charge in [0.15, 0.2) is 0 Å². The second-order valence-corrected chi connectivity index (χ2v) is 6.44. The van der Waals surface area contributed by atoms with Crippen molar-refractivity contribution in [2.45, 2.75) is 38.8 Å². The molecular weight excluding hydrogens is 381 g/mol. The molecule has 0 N–H and O–H groups in total. The summed E-state index contributed by atoms with van der Waals surface area (Å²) in [7, 11) is 0. The summed E-state index contributed by atoms with van der Waals surface area (Å²) in [6, 6.07) is 5.71. The van der Waals surface area contributed by atoms with Gasteiger partial charge < -0.3 is 34.3 Å². The zero-order valence-electron chi connectivity index (χ0n) is 13.4. The molecule has 2 aliphatic heterocycles. The number of aliphatic imine (C=N–C) groups is 2. The minimum Gasteiger partial charge on any atom is -1.00 e. The number of halogens is 2. The predicted octanol–water partition coefficient (Wildman–Crippen LogP) is -3.80. The van der Waals surface area contributed by atoms with Crippen LogP contribution in [-0.2, 0) is 26.5 Å². The van der Waals surface area contributed by atoms with E-state index in [-0.39, 0.29) is 53.0 Å². The molecule has 1 aromatic rings. The molecule has 0 bridgehead atoms. The van der Waals surface area contributed by atoms with Gasteiger partial charge >= 0.3 is 17.1 Å². The van der Waals surface area contributed by atoms with Gasteiger partial charge in [0.05, 0.1) is 11.1 Å². The minimum absolute atomic E-state index is 0. The number of rotatable bonds is 2. The zero-order chi connectivity index (χ0) is 14.4. The molecule has 128 valence electrons. The van der Waals surface area contributed by atoms with E-state index in [1.807, 2.05) is 45.9 Å². The molecule has 3 heterocycles. The van der Waals surface area contributed by atoms with Crippen LogP contribution in [0.4, 0.5) is 0 Å². The molecule has 0 aliphatic carbocycles. The molecule has 0 fully saturated rings. The number of ether oxygens (including phenoxy) is 2. The molecule has 0 spiro atoms. The molecule has 0 atom stereocenters. The van der Waals surface area contributed by atoms with Gasteiger partial charge in [-0.05, 0) is 39.8 Å². The van der Waals surface area contributed by atoms with Crippen molar-refractivity contribution in [1.29, 1.82) is 0 Å². The van der Waals surface area contributed by atoms with Crippen LogP contribution in [0.1, 0.15) is 39.1 Å². The standard InChI is InChI=1S/C15H19N3O2.2ClH.Fe/c1-14(2)8-19-12(17-14)10-6-5-7-11(16-10)13-18-15(3,4)9-20-13;;;/h5-7H,8-9H2,1-4H3;2*1H;/q;;;+2/p-2. The fourth-order valence-corrected chi connectivity index (χ4v) is 2.10. The first-order valence-electron chi connectivity index (χ1n) is 6.78. The van der Waals surface area contributed by atoms with Gasteiger partial charge in [0.25, 0.3) is 0 Å². The van der Waals surface area contributed by atoms with E-state index in [1.165, 1.54) is 0 Å². The Balaban J connectivity index is 0.00000161. The summed E-state index contributed by atoms with van der Waals surface area (Å²) in [5.74, 6) is 1.18. The average Bonchev–Trinajstić information content (AvgIpc) is 2.92. The minimum atomic E-state index is -0.184. The van der Waals surface area contributed by atoms with Crippen molar-refractivity contribution in [3.05, 3.63) is 29.6 Å². The van der Waals surface area contributed by atoms with Crippen LogP contribution < -0.4 is 24.8 Å². The van der Waals surface area contributed by atoms with E-state index in [2.05, 4.69) is 15.0 Å². The van der Waals surface area contributed by atoms with Gasteiger partial charge in [-0.25, -0.2) is 15.0 Å². The molecule has 5 nitrogen and oxygen atoms in total. The third-order valence-corrected chi connectivity index (χ3v) is 3.12. The molecule has 0 saturated carbocycles. The molecule has 0 aromatic carbocycles. The number of aromatic nitrogens is 1. The monoisotopic (exact) mass is 399 g/mol. The smallest absolute Gasteiger partial charge is 1.00 e. The van der Waals surface area contributed by atoms with Crippen molar-refractivity contribution in [2.24, 2.45) is 9.98 Å². The van der Waals surface area contributed by atoms with Gasteiger partial charge in [-0.15, -0.1) is 0 Å². The molecule has 0 saturated heterocycles. The Morgan fingerprint density at radius 2 is 1.22 bits per heavy atom. The zero-order valence-corrected chi connectivity index (χ0v) is 16.0. The summed E-state index contributed by atoms with van der Waals surface area (Å²) in [5, 5.41) is 0. The Labute approximate surface area is 159 Å². The Morgan fingerprint density at radius 1 is 0.826 bits per heavy atom. The van der Waals surface area contributed by atoms with Crippen LogP contribution >= 0.6 is 0 Å². The molecule has 3 rings (SSSR count). The summed E-state index contributed by atoms with van der Waals surface area (Å²) in [4.78, 5) is 13.6. The van der Waals surface area contributed by atoms with Crippen molar-refractivity contribution >= 4 is 11.8 Å². The van der Waals surface area contributed by atoms with Crippen molar-refractivity contribution in [2.75, 3.05) is 13.2 Å². The van der Waals surface area contributed by atoms with Crippen molar-refractivity contribution in [3.8, 4) is 0 Å². The van der Waals surface area contributed by atoms with Crippen LogP contribution in [0.15, 0.2) is 28.2 Å². The van der Waals surface area contributed by atoms with Crippen LogP contribution in [0, 0.1) is 0 Å². The van der Waals surface area contributed by atoms with Gasteiger partial charge in [0, 0.05) is 0 Å². The first kappa shape index (κ1) is 22.2. The third-order valence-electron chi connectivity index (χ3n) is 3.12. The average molecular weight is 400 g/mol. The number of pyridine rings is 1. The van der Waals surface area contributed by atoms with Gasteiger partial charge in [0.1, 0.15) is 24.6 Å². The van der Waals surface area contributed by atoms with Crippen molar-refractivity contribution < 1.29 is 51.4 Å². The maximum absolute atomic E-state index is 5.62. The Hall–Kier alpha value is -0.811. The SMILES string of the molecule is CC1(C)COC(c2cccc(C3=NC(C)(C)CO3)n2)=N1.[Cl-].[Cl-].[Fe+2]. The first-order chi connectivity index (χ1) is 9.35. The number of hydrogen-bond acceptors (Lipinski definition) is 5. The topological polar surface area (TPSA) is 56.1 Å². The largest absolute Gasteiger partial charge is 2.00 e. The Bertz CT molecular complexity index is 569. The van der Waals surface area contributed by atoms with E-state index in [1.54, 1.807) is 0 Å². The van der Waals surface area contributed by atoms with E-state index in [9.17, 15) is 0 Å². The second kappa shape index (κ2) is 7.84. The molecule has 8 heteroatoms. The fourth-order valence-electron chi connectivity index (χ4n) is 2.10. The van der Waals surface area contributed by atoms with Crippen LogP contribution in [0.2, 0.25) is 0 Å². The summed E-state index contributed by atoms with van der Waals surface area (Å²) >= 11 is 0. The van der Waals surface area contributed by atoms with E-state index >= 15 is 0 Å². The van der Waals surface area contributed by atoms with Crippen LogP contribution in [0.3, 0.4) is 0 Å². The van der Waals surface area contributed by atoms with E-state index in [0.717, 1.165) is 11.4 Å². The van der Waals surface area contributed by atoms with Gasteiger partial charge in [-0.2, -0.15) is 0 Å². The summed E-state index contributed by atoms with van der Waals surface area (Å²) in [5.41, 5.74) is 1.08. The van der Waals surface area contributed by atoms with Crippen LogP contribution in [-0.4, -0.2) is 41.1 Å². The summed E-state index contributed by atoms with van der Waals surface area (Å²) in [6.45, 7) is 9.32. The fraction of sp³-hybridized carbons (Fsp3) is 0.533. The molecule has 0 radical (unpaired) electrons. The summed E-state index contributed by atoms with van der Waals surface area (Å²) < 4.78 is 11.2. The second-order valence-electron chi connectivity index (χ2n) is 6.44. The predicted molar refractivity (Wildman–Crippen MR) is 77.4 cm³/mol. The van der Waals surface area contributed by atoms with Gasteiger partial charge in [-0.1, -0.05) is 6.07 Å². The number of hydrogen-bond donors (Lipinski definition) is 0. The van der Waals surface area contributed by atoms with Crippen molar-refractivity contribution in [1.82, 2.24) is 4.98 Å². The quantitative estimate of drug-likeness (QED) is 0.479.